The van der Waals surface area contributed by atoms with Gasteiger partial charge in [0.05, 0.1) is 5.52 Å². The molecular formula is C14H15NO. The summed E-state index contributed by atoms with van der Waals surface area (Å²) in [5, 5.41) is 0.954. The van der Waals surface area contributed by atoms with E-state index in [9.17, 15) is 4.79 Å². The van der Waals surface area contributed by atoms with Crippen LogP contribution in [0.4, 0.5) is 0 Å². The number of carbonyl (C=O) groups is 1. The predicted molar refractivity (Wildman–Crippen MR) is 65.5 cm³/mol. The molecule has 16 heavy (non-hydrogen) atoms. The minimum Gasteiger partial charge on any atom is -0.294 e. The van der Waals surface area contributed by atoms with Gasteiger partial charge in [-0.2, -0.15) is 0 Å². The molecule has 2 aromatic rings. The summed E-state index contributed by atoms with van der Waals surface area (Å²) in [5.41, 5.74) is 1.68. The monoisotopic (exact) mass is 213 g/mol. The van der Waals surface area contributed by atoms with Gasteiger partial charge in [0.25, 0.3) is 0 Å². The second-order valence-corrected chi connectivity index (χ2v) is 4.05. The minimum absolute atomic E-state index is 0.0748. The van der Waals surface area contributed by atoms with Crippen LogP contribution < -0.4 is 0 Å². The van der Waals surface area contributed by atoms with Crippen molar-refractivity contribution in [2.24, 2.45) is 5.92 Å². The van der Waals surface area contributed by atoms with Crippen molar-refractivity contribution in [1.29, 1.82) is 0 Å². The SMILES string of the molecule is CCC(C)C(=O)c1ccnc2ccccc12. The zero-order valence-electron chi connectivity index (χ0n) is 9.60. The van der Waals surface area contributed by atoms with E-state index in [2.05, 4.69) is 4.98 Å². The Bertz CT molecular complexity index is 514. The Morgan fingerprint density at radius 3 is 2.81 bits per heavy atom. The molecule has 0 spiro atoms. The van der Waals surface area contributed by atoms with Gasteiger partial charge in [-0.1, -0.05) is 32.0 Å². The first-order valence-electron chi connectivity index (χ1n) is 5.62. The van der Waals surface area contributed by atoms with Crippen LogP contribution in [0.2, 0.25) is 0 Å². The third-order valence-electron chi connectivity index (χ3n) is 2.97. The third kappa shape index (κ3) is 1.83. The van der Waals surface area contributed by atoms with E-state index in [0.717, 1.165) is 22.9 Å². The quantitative estimate of drug-likeness (QED) is 0.731. The lowest BCUT2D eigenvalue weighted by Gasteiger charge is -2.09. The highest BCUT2D eigenvalue weighted by atomic mass is 16.1. The molecule has 1 unspecified atom stereocenters. The van der Waals surface area contributed by atoms with Gasteiger partial charge in [0.2, 0.25) is 0 Å². The predicted octanol–water partition coefficient (Wildman–Crippen LogP) is 3.46. The summed E-state index contributed by atoms with van der Waals surface area (Å²) in [5.74, 6) is 0.284. The number of Topliss-reactive ketones (excluding diaryl/α,β-unsaturated/α-hetero) is 1. The molecule has 0 aliphatic carbocycles. The number of carbonyl (C=O) groups excluding carboxylic acids is 1. The third-order valence-corrected chi connectivity index (χ3v) is 2.97. The van der Waals surface area contributed by atoms with E-state index in [1.54, 1.807) is 6.20 Å². The number of benzene rings is 1. The molecule has 0 saturated carbocycles. The van der Waals surface area contributed by atoms with Crippen LogP contribution >= 0.6 is 0 Å². The zero-order valence-corrected chi connectivity index (χ0v) is 9.60. The van der Waals surface area contributed by atoms with E-state index >= 15 is 0 Å². The maximum Gasteiger partial charge on any atom is 0.166 e. The van der Waals surface area contributed by atoms with E-state index in [1.165, 1.54) is 0 Å². The standard InChI is InChI=1S/C14H15NO/c1-3-10(2)14(16)12-8-9-15-13-7-5-4-6-11(12)13/h4-10H,3H2,1-2H3. The number of aromatic nitrogens is 1. The first-order valence-corrected chi connectivity index (χ1v) is 5.62. The van der Waals surface area contributed by atoms with Gasteiger partial charge in [0.1, 0.15) is 0 Å². The molecule has 0 aliphatic rings. The normalized spacial score (nSPS) is 12.6. The molecule has 0 N–H and O–H groups in total. The second-order valence-electron chi connectivity index (χ2n) is 4.05. The van der Waals surface area contributed by atoms with E-state index in [-0.39, 0.29) is 11.7 Å². The Balaban J connectivity index is 2.56. The molecule has 82 valence electrons. The summed E-state index contributed by atoms with van der Waals surface area (Å²) in [6.07, 6.45) is 2.58. The molecule has 1 aromatic carbocycles. The largest absolute Gasteiger partial charge is 0.294 e. The van der Waals surface area contributed by atoms with Crippen molar-refractivity contribution in [2.45, 2.75) is 20.3 Å². The number of hydrogen-bond donors (Lipinski definition) is 0. The van der Waals surface area contributed by atoms with Gasteiger partial charge in [-0.15, -0.1) is 0 Å². The molecule has 2 heteroatoms. The summed E-state index contributed by atoms with van der Waals surface area (Å²) in [6.45, 7) is 4.00. The molecule has 0 saturated heterocycles. The number of nitrogens with zero attached hydrogens (tertiary/aromatic N) is 1. The van der Waals surface area contributed by atoms with E-state index in [4.69, 9.17) is 0 Å². The number of rotatable bonds is 3. The lowest BCUT2D eigenvalue weighted by Crippen LogP contribution is -2.10. The molecule has 0 radical (unpaired) electrons. The van der Waals surface area contributed by atoms with Crippen LogP contribution in [-0.4, -0.2) is 10.8 Å². The van der Waals surface area contributed by atoms with Gasteiger partial charge in [0, 0.05) is 23.1 Å². The lowest BCUT2D eigenvalue weighted by atomic mass is 9.95. The second kappa shape index (κ2) is 4.44. The lowest BCUT2D eigenvalue weighted by molar-refractivity contribution is 0.0929. The average Bonchev–Trinajstić information content (AvgIpc) is 2.36. The van der Waals surface area contributed by atoms with Crippen LogP contribution in [0.15, 0.2) is 36.5 Å². The first-order chi connectivity index (χ1) is 7.74. The molecule has 1 heterocycles. The van der Waals surface area contributed by atoms with E-state index in [1.807, 2.05) is 44.2 Å². The van der Waals surface area contributed by atoms with Crippen LogP contribution in [0, 0.1) is 5.92 Å². The molecule has 0 aliphatic heterocycles. The summed E-state index contributed by atoms with van der Waals surface area (Å²) >= 11 is 0. The van der Waals surface area contributed by atoms with Gasteiger partial charge in [0.15, 0.2) is 5.78 Å². The van der Waals surface area contributed by atoms with Crippen LogP contribution in [0.5, 0.6) is 0 Å². The Kier molecular flexibility index (Phi) is 3.00. The van der Waals surface area contributed by atoms with Gasteiger partial charge in [-0.25, -0.2) is 0 Å². The number of para-hydroxylation sites is 1. The molecule has 2 rings (SSSR count). The minimum atomic E-state index is 0.0748. The van der Waals surface area contributed by atoms with Crippen LogP contribution in [0.1, 0.15) is 30.6 Å². The molecule has 0 fully saturated rings. The number of ketones is 1. The molecule has 1 aromatic heterocycles. The highest BCUT2D eigenvalue weighted by molar-refractivity contribution is 6.08. The van der Waals surface area contributed by atoms with Crippen LogP contribution in [-0.2, 0) is 0 Å². The summed E-state index contributed by atoms with van der Waals surface area (Å²) in [4.78, 5) is 16.4. The van der Waals surface area contributed by atoms with Crippen molar-refractivity contribution in [3.63, 3.8) is 0 Å². The van der Waals surface area contributed by atoms with Crippen molar-refractivity contribution in [3.8, 4) is 0 Å². The Morgan fingerprint density at radius 2 is 2.06 bits per heavy atom. The Labute approximate surface area is 95.3 Å². The van der Waals surface area contributed by atoms with Crippen molar-refractivity contribution in [1.82, 2.24) is 4.98 Å². The highest BCUT2D eigenvalue weighted by Crippen LogP contribution is 2.20. The summed E-state index contributed by atoms with van der Waals surface area (Å²) in [7, 11) is 0. The molecule has 0 amide bonds. The van der Waals surface area contributed by atoms with Crippen molar-refractivity contribution >= 4 is 16.7 Å². The van der Waals surface area contributed by atoms with Gasteiger partial charge < -0.3 is 0 Å². The van der Waals surface area contributed by atoms with Crippen LogP contribution in [0.3, 0.4) is 0 Å². The van der Waals surface area contributed by atoms with Gasteiger partial charge in [-0.3, -0.25) is 9.78 Å². The van der Waals surface area contributed by atoms with Crippen molar-refractivity contribution in [3.05, 3.63) is 42.1 Å². The fourth-order valence-corrected chi connectivity index (χ4v) is 1.76. The first kappa shape index (κ1) is 10.8. The Morgan fingerprint density at radius 1 is 1.31 bits per heavy atom. The number of hydrogen-bond acceptors (Lipinski definition) is 2. The van der Waals surface area contributed by atoms with Crippen LogP contribution in [0.25, 0.3) is 10.9 Å². The number of pyridine rings is 1. The van der Waals surface area contributed by atoms with E-state index < -0.39 is 0 Å². The van der Waals surface area contributed by atoms with Gasteiger partial charge >= 0.3 is 0 Å². The topological polar surface area (TPSA) is 30.0 Å². The molecular weight excluding hydrogens is 198 g/mol. The summed E-state index contributed by atoms with van der Waals surface area (Å²) < 4.78 is 0. The Hall–Kier alpha value is -1.70. The highest BCUT2D eigenvalue weighted by Gasteiger charge is 2.15. The average molecular weight is 213 g/mol. The summed E-state index contributed by atoms with van der Waals surface area (Å²) in [6, 6.07) is 9.59. The van der Waals surface area contributed by atoms with Gasteiger partial charge in [-0.05, 0) is 18.6 Å². The zero-order chi connectivity index (χ0) is 11.5. The molecule has 2 nitrogen and oxygen atoms in total. The maximum atomic E-state index is 12.2. The van der Waals surface area contributed by atoms with Crippen molar-refractivity contribution in [2.75, 3.05) is 0 Å². The smallest absolute Gasteiger partial charge is 0.166 e. The van der Waals surface area contributed by atoms with E-state index in [0.29, 0.717) is 0 Å². The van der Waals surface area contributed by atoms with Crippen molar-refractivity contribution < 1.29 is 4.79 Å². The molecule has 0 bridgehead atoms. The molecule has 1 atom stereocenters. The number of fused-ring (bicyclic) bond motifs is 1. The fourth-order valence-electron chi connectivity index (χ4n) is 1.76. The maximum absolute atomic E-state index is 12.2. The fraction of sp³-hybridized carbons (Fsp3) is 0.286.